The SMILES string of the molecule is CCn1c(=O)[nH]c2cc3c4nc5nc(nc6[nH]c(nc7nc(nc([nH]4)c3cc21)-c1cc2c(cc1-7)n(C)c(=O)n2CC)c1cc2c(cc61)n(C)c(=O)n2CC)-c1cc2c(cc1-5)n(CC)c(=O)n2C. The van der Waals surface area contributed by atoms with Gasteiger partial charge in [0.1, 0.15) is 22.6 Å². The largest absolute Gasteiger partial charge is 0.328 e. The molecule has 332 valence electrons. The quantitative estimate of drug-likeness (QED) is 0.200. The van der Waals surface area contributed by atoms with E-state index in [0.717, 1.165) is 16.6 Å². The van der Waals surface area contributed by atoms with Gasteiger partial charge in [-0.1, -0.05) is 0 Å². The van der Waals surface area contributed by atoms with Crippen LogP contribution < -0.4 is 22.8 Å². The van der Waals surface area contributed by atoms with Gasteiger partial charge in [0.05, 0.1) is 44.1 Å². The molecular weight excluding hydrogens is 853 g/mol. The molecule has 0 fully saturated rings. The van der Waals surface area contributed by atoms with Crippen LogP contribution in [0.1, 0.15) is 27.7 Å². The summed E-state index contributed by atoms with van der Waals surface area (Å²) in [4.78, 5) is 95.0. The van der Waals surface area contributed by atoms with Crippen molar-refractivity contribution in [1.29, 1.82) is 0 Å². The molecule has 0 saturated heterocycles. The standard InChI is InChI=1S/C47H40N16O4/c1-8-60-29-13-21-20(12-28(29)48-44(60)64)36-49-37(21)51-42-26-18-34-32(59(7)47(67)62(34)10-3)16-24(26)40(55-42)56-43-27-19-35-31(58(6)46(66)63(35)11-4)15-23(27)39(54-43)52-38-22-14-30-33(17-25(22)41(50-36)53-38)61(9-2)45(65)57(30)5/h12-19H,8-11H2,1-7H3,(H,48,64)(H2,49,50,51,52,53,54,55,56). The van der Waals surface area contributed by atoms with E-state index in [1.165, 1.54) is 0 Å². The molecule has 0 spiro atoms. The Morgan fingerprint density at radius 3 is 1.07 bits per heavy atom. The number of nitrogens with zero attached hydrogens (tertiary/aromatic N) is 13. The second-order valence-corrected chi connectivity index (χ2v) is 17.1. The number of aromatic nitrogens is 16. The highest BCUT2D eigenvalue weighted by atomic mass is 16.2. The second-order valence-electron chi connectivity index (χ2n) is 17.1. The number of nitrogens with one attached hydrogen (secondary N) is 3. The molecule has 67 heavy (non-hydrogen) atoms. The van der Waals surface area contributed by atoms with Gasteiger partial charge < -0.3 is 15.0 Å². The molecule has 0 unspecified atom stereocenters. The lowest BCUT2D eigenvalue weighted by atomic mass is 10.1. The maximum absolute atomic E-state index is 13.5. The van der Waals surface area contributed by atoms with Crippen molar-refractivity contribution < 1.29 is 0 Å². The number of imidazole rings is 4. The van der Waals surface area contributed by atoms with Crippen LogP contribution in [0.25, 0.3) is 134 Å². The van der Waals surface area contributed by atoms with Crippen molar-refractivity contribution >= 4 is 88.3 Å². The molecule has 0 saturated carbocycles. The van der Waals surface area contributed by atoms with Crippen molar-refractivity contribution in [2.24, 2.45) is 21.1 Å². The first-order valence-corrected chi connectivity index (χ1v) is 22.2. The van der Waals surface area contributed by atoms with Gasteiger partial charge in [0.15, 0.2) is 23.3 Å². The highest BCUT2D eigenvalue weighted by Crippen LogP contribution is 2.40. The molecule has 11 aromatic rings. The molecule has 0 aliphatic carbocycles. The number of H-pyrrole nitrogens is 3. The van der Waals surface area contributed by atoms with Crippen LogP contribution in [0.2, 0.25) is 0 Å². The smallest absolute Gasteiger partial charge is 0.324 e. The minimum atomic E-state index is -0.238. The Hall–Kier alpha value is -8.68. The zero-order chi connectivity index (χ0) is 46.1. The first kappa shape index (κ1) is 38.8. The van der Waals surface area contributed by atoms with Gasteiger partial charge in [-0.3, -0.25) is 32.0 Å². The van der Waals surface area contributed by atoms with E-state index in [2.05, 4.69) is 15.0 Å². The van der Waals surface area contributed by atoms with Crippen molar-refractivity contribution in [2.75, 3.05) is 0 Å². The predicted octanol–water partition coefficient (Wildman–Crippen LogP) is 5.55. The van der Waals surface area contributed by atoms with E-state index < -0.39 is 0 Å². The van der Waals surface area contributed by atoms with Gasteiger partial charge in [-0.2, -0.15) is 0 Å². The third kappa shape index (κ3) is 5.00. The van der Waals surface area contributed by atoms with Gasteiger partial charge in [0, 0.05) is 91.1 Å². The zero-order valence-electron chi connectivity index (χ0n) is 37.4. The number of hydrogen-bond donors (Lipinski definition) is 3. The van der Waals surface area contributed by atoms with Gasteiger partial charge in [-0.15, -0.1) is 0 Å². The van der Waals surface area contributed by atoms with Crippen LogP contribution in [-0.4, -0.2) is 76.8 Å². The van der Waals surface area contributed by atoms with Gasteiger partial charge in [-0.25, -0.2) is 49.1 Å². The molecule has 9 heterocycles. The van der Waals surface area contributed by atoms with Crippen molar-refractivity contribution in [3.05, 3.63) is 90.5 Å². The number of aromatic amines is 3. The summed E-state index contributed by atoms with van der Waals surface area (Å²) >= 11 is 0. The Labute approximate surface area is 375 Å². The minimum absolute atomic E-state index is 0.151. The van der Waals surface area contributed by atoms with Crippen LogP contribution in [-0.2, 0) is 47.3 Å². The third-order valence-corrected chi connectivity index (χ3v) is 13.8. The Kier molecular flexibility index (Phi) is 7.64. The van der Waals surface area contributed by atoms with Crippen molar-refractivity contribution in [2.45, 2.75) is 53.9 Å². The maximum Gasteiger partial charge on any atom is 0.328 e. The molecule has 8 bridgehead atoms. The average Bonchev–Trinajstić information content (AvgIpc) is 4.19. The molecule has 3 N–H and O–H groups in total. The van der Waals surface area contributed by atoms with Crippen LogP contribution in [0.5, 0.6) is 0 Å². The molecule has 20 heteroatoms. The number of fused-ring (bicyclic) bond motifs is 24. The number of hydrogen-bond acceptors (Lipinski definition) is 10. The van der Waals surface area contributed by atoms with E-state index in [0.29, 0.717) is 143 Å². The molecule has 4 aromatic carbocycles. The Morgan fingerprint density at radius 1 is 0.373 bits per heavy atom. The number of benzene rings is 4. The molecule has 20 nitrogen and oxygen atoms in total. The molecule has 2 aliphatic rings. The van der Waals surface area contributed by atoms with Crippen LogP contribution in [0.3, 0.4) is 0 Å². The summed E-state index contributed by atoms with van der Waals surface area (Å²) in [6, 6.07) is 15.4. The molecule has 0 amide bonds. The van der Waals surface area contributed by atoms with Crippen LogP contribution in [0.4, 0.5) is 0 Å². The fourth-order valence-electron chi connectivity index (χ4n) is 10.4. The molecule has 2 aliphatic heterocycles. The number of rotatable bonds is 4. The monoisotopic (exact) mass is 892 g/mol. The number of aryl methyl sites for hydroxylation is 7. The summed E-state index contributed by atoms with van der Waals surface area (Å²) in [6.07, 6.45) is 0. The lowest BCUT2D eigenvalue weighted by Gasteiger charge is -2.03. The lowest BCUT2D eigenvalue weighted by molar-refractivity contribution is 0.712. The van der Waals surface area contributed by atoms with E-state index in [9.17, 15) is 19.2 Å². The molecular formula is C47H40N16O4. The van der Waals surface area contributed by atoms with Crippen LogP contribution in [0.15, 0.2) is 67.7 Å². The second kappa shape index (κ2) is 13.2. The van der Waals surface area contributed by atoms with E-state index in [1.807, 2.05) is 76.2 Å². The summed E-state index contributed by atoms with van der Waals surface area (Å²) in [5.41, 5.74) is 9.23. The summed E-state index contributed by atoms with van der Waals surface area (Å²) in [5.74, 6) is 1.36. The zero-order valence-corrected chi connectivity index (χ0v) is 37.4. The lowest BCUT2D eigenvalue weighted by Crippen LogP contribution is -2.21. The molecule has 7 aromatic heterocycles. The van der Waals surface area contributed by atoms with E-state index in [4.69, 9.17) is 29.9 Å². The van der Waals surface area contributed by atoms with E-state index in [1.54, 1.807) is 53.1 Å². The maximum atomic E-state index is 13.5. The third-order valence-electron chi connectivity index (χ3n) is 13.8. The Bertz CT molecular complexity index is 4540. The summed E-state index contributed by atoms with van der Waals surface area (Å²) in [6.45, 7) is 9.51. The summed E-state index contributed by atoms with van der Waals surface area (Å²) < 4.78 is 11.7. The van der Waals surface area contributed by atoms with E-state index >= 15 is 0 Å². The average molecular weight is 893 g/mol. The predicted molar refractivity (Wildman–Crippen MR) is 257 cm³/mol. The fourth-order valence-corrected chi connectivity index (χ4v) is 10.4. The van der Waals surface area contributed by atoms with Crippen LogP contribution in [0, 0.1) is 0 Å². The van der Waals surface area contributed by atoms with Gasteiger partial charge in [0.2, 0.25) is 0 Å². The summed E-state index contributed by atoms with van der Waals surface area (Å²) in [7, 11) is 5.24. The molecule has 0 atom stereocenters. The highest BCUT2D eigenvalue weighted by molar-refractivity contribution is 6.12. The first-order valence-electron chi connectivity index (χ1n) is 22.2. The normalized spacial score (nSPS) is 12.6. The van der Waals surface area contributed by atoms with E-state index in [-0.39, 0.29) is 22.8 Å². The first-order chi connectivity index (χ1) is 32.4. The highest BCUT2D eigenvalue weighted by Gasteiger charge is 2.27. The minimum Gasteiger partial charge on any atom is -0.324 e. The van der Waals surface area contributed by atoms with Crippen molar-refractivity contribution in [3.63, 3.8) is 0 Å². The van der Waals surface area contributed by atoms with Crippen molar-refractivity contribution in [3.8, 4) is 45.6 Å². The van der Waals surface area contributed by atoms with Gasteiger partial charge >= 0.3 is 22.8 Å². The Balaban J connectivity index is 1.25. The summed E-state index contributed by atoms with van der Waals surface area (Å²) in [5, 5.41) is 2.71. The topological polar surface area (TPSA) is 228 Å². The van der Waals surface area contributed by atoms with Gasteiger partial charge in [-0.05, 0) is 76.2 Å². The van der Waals surface area contributed by atoms with Crippen molar-refractivity contribution in [1.82, 2.24) is 76.8 Å². The molecule has 0 radical (unpaired) electrons. The Morgan fingerprint density at radius 2 is 0.687 bits per heavy atom. The van der Waals surface area contributed by atoms with Crippen LogP contribution >= 0.6 is 0 Å². The molecule has 13 rings (SSSR count). The fraction of sp³-hybridized carbons (Fsp3) is 0.234. The van der Waals surface area contributed by atoms with Gasteiger partial charge in [0.25, 0.3) is 0 Å².